The van der Waals surface area contributed by atoms with E-state index < -0.39 is 32.1 Å². The molecule has 1 amide bonds. The number of anilines is 3. The van der Waals surface area contributed by atoms with E-state index in [9.17, 15) is 21.6 Å². The van der Waals surface area contributed by atoms with E-state index in [1.807, 2.05) is 0 Å². The van der Waals surface area contributed by atoms with Gasteiger partial charge >= 0.3 is 0 Å². The first-order valence-electron chi connectivity index (χ1n) is 9.71. The van der Waals surface area contributed by atoms with Crippen LogP contribution in [0.2, 0.25) is 0 Å². The zero-order chi connectivity index (χ0) is 23.6. The third-order valence-corrected chi connectivity index (χ3v) is 7.32. The average Bonchev–Trinajstić information content (AvgIpc) is 2.78. The monoisotopic (exact) mass is 488 g/mol. The maximum atomic E-state index is 12.8. The highest BCUT2D eigenvalue weighted by Crippen LogP contribution is 2.34. The third-order valence-electron chi connectivity index (χ3n) is 4.77. The van der Waals surface area contributed by atoms with Crippen LogP contribution in [0.5, 0.6) is 5.75 Å². The molecule has 0 saturated carbocycles. The molecule has 10 nitrogen and oxygen atoms in total. The molecule has 0 radical (unpaired) electrons. The standard InChI is InChI=1S/C21H20N4O6S2/c1-32(27,28)25-14-20(31-19-7-3-2-6-18(19)25)21(26)23-15-8-10-17(11-9-15)33(29,30)24-16-5-4-12-22-13-16/h2-13,20,24H,14H2,1H3,(H,23,26)/t20-/m0/s1. The van der Waals surface area contributed by atoms with Crippen molar-refractivity contribution in [2.24, 2.45) is 0 Å². The molecule has 0 spiro atoms. The lowest BCUT2D eigenvalue weighted by Crippen LogP contribution is -2.48. The van der Waals surface area contributed by atoms with Gasteiger partial charge in [0.25, 0.3) is 15.9 Å². The summed E-state index contributed by atoms with van der Waals surface area (Å²) < 4.78 is 58.7. The normalized spacial score (nSPS) is 15.8. The minimum atomic E-state index is -3.84. The van der Waals surface area contributed by atoms with Crippen molar-refractivity contribution in [3.05, 3.63) is 73.1 Å². The van der Waals surface area contributed by atoms with Crippen molar-refractivity contribution >= 4 is 43.0 Å². The number of pyridine rings is 1. The summed E-state index contributed by atoms with van der Waals surface area (Å²) >= 11 is 0. The van der Waals surface area contributed by atoms with Crippen LogP contribution in [-0.2, 0) is 24.8 Å². The molecule has 0 bridgehead atoms. The van der Waals surface area contributed by atoms with Gasteiger partial charge in [0.05, 0.1) is 35.3 Å². The molecule has 1 aliphatic heterocycles. The summed E-state index contributed by atoms with van der Waals surface area (Å²) in [5.74, 6) is -0.292. The molecular formula is C21H20N4O6S2. The zero-order valence-corrected chi connectivity index (χ0v) is 19.0. The molecule has 33 heavy (non-hydrogen) atoms. The Labute approximate surface area is 191 Å². The number of para-hydroxylation sites is 2. The molecule has 0 aliphatic carbocycles. The van der Waals surface area contributed by atoms with Gasteiger partial charge < -0.3 is 10.1 Å². The minimum absolute atomic E-state index is 0.00422. The van der Waals surface area contributed by atoms with Crippen LogP contribution < -0.4 is 19.1 Å². The molecule has 2 aromatic carbocycles. The number of amides is 1. The highest BCUT2D eigenvalue weighted by Gasteiger charge is 2.34. The van der Waals surface area contributed by atoms with Crippen LogP contribution >= 0.6 is 0 Å². The molecule has 1 aliphatic rings. The van der Waals surface area contributed by atoms with Crippen LogP contribution in [0.4, 0.5) is 17.1 Å². The van der Waals surface area contributed by atoms with Crippen LogP contribution in [0.1, 0.15) is 0 Å². The molecule has 1 aromatic heterocycles. The number of nitrogens with one attached hydrogen (secondary N) is 2. The number of carbonyl (C=O) groups is 1. The van der Waals surface area contributed by atoms with Crippen LogP contribution in [0.15, 0.2) is 78.0 Å². The second-order valence-corrected chi connectivity index (χ2v) is 10.8. The number of hydrogen-bond acceptors (Lipinski definition) is 7. The van der Waals surface area contributed by atoms with Crippen molar-refractivity contribution in [3.63, 3.8) is 0 Å². The van der Waals surface area contributed by atoms with Crippen molar-refractivity contribution in [2.45, 2.75) is 11.0 Å². The quantitative estimate of drug-likeness (QED) is 0.542. The van der Waals surface area contributed by atoms with Gasteiger partial charge in [-0.15, -0.1) is 0 Å². The molecular weight excluding hydrogens is 468 g/mol. The Morgan fingerprint density at radius 3 is 2.39 bits per heavy atom. The molecule has 0 fully saturated rings. The number of fused-ring (bicyclic) bond motifs is 1. The predicted octanol–water partition coefficient (Wildman–Crippen LogP) is 2.05. The highest BCUT2D eigenvalue weighted by atomic mass is 32.2. The Morgan fingerprint density at radius 2 is 1.73 bits per heavy atom. The second-order valence-electron chi connectivity index (χ2n) is 7.23. The third kappa shape index (κ3) is 5.07. The van der Waals surface area contributed by atoms with E-state index in [4.69, 9.17) is 4.74 Å². The first-order valence-corrected chi connectivity index (χ1v) is 13.0. The second kappa shape index (κ2) is 8.71. The maximum absolute atomic E-state index is 12.8. The smallest absolute Gasteiger partial charge is 0.267 e. The Bertz CT molecular complexity index is 1380. The SMILES string of the molecule is CS(=O)(=O)N1C[C@@H](C(=O)Nc2ccc(S(=O)(=O)Nc3cccnc3)cc2)Oc2ccccc21. The summed E-state index contributed by atoms with van der Waals surface area (Å²) in [7, 11) is -7.47. The van der Waals surface area contributed by atoms with Gasteiger partial charge in [0.15, 0.2) is 6.10 Å². The predicted molar refractivity (Wildman–Crippen MR) is 123 cm³/mol. The van der Waals surface area contributed by atoms with Crippen molar-refractivity contribution in [1.82, 2.24) is 4.98 Å². The Hall–Kier alpha value is -3.64. The molecule has 0 saturated heterocycles. The molecule has 2 N–H and O–H groups in total. The van der Waals surface area contributed by atoms with E-state index in [-0.39, 0.29) is 17.2 Å². The number of rotatable bonds is 6. The van der Waals surface area contributed by atoms with Crippen LogP contribution in [0, 0.1) is 0 Å². The summed E-state index contributed by atoms with van der Waals surface area (Å²) in [5.41, 5.74) is 1.01. The first-order chi connectivity index (χ1) is 15.6. The van der Waals surface area contributed by atoms with Gasteiger partial charge in [-0.3, -0.25) is 18.8 Å². The number of ether oxygens (including phenoxy) is 1. The Morgan fingerprint density at radius 1 is 1.00 bits per heavy atom. The van der Waals surface area contributed by atoms with Crippen molar-refractivity contribution in [3.8, 4) is 5.75 Å². The van der Waals surface area contributed by atoms with Crippen LogP contribution in [-0.4, -0.2) is 46.6 Å². The van der Waals surface area contributed by atoms with Crippen LogP contribution in [0.3, 0.4) is 0 Å². The van der Waals surface area contributed by atoms with E-state index in [1.54, 1.807) is 36.4 Å². The molecule has 3 aromatic rings. The van der Waals surface area contributed by atoms with E-state index in [0.717, 1.165) is 10.6 Å². The lowest BCUT2D eigenvalue weighted by atomic mass is 10.2. The summed E-state index contributed by atoms with van der Waals surface area (Å²) in [6.45, 7) is -0.191. The van der Waals surface area contributed by atoms with Gasteiger partial charge in [-0.2, -0.15) is 0 Å². The summed E-state index contributed by atoms with van der Waals surface area (Å²) in [6.07, 6.45) is 2.88. The van der Waals surface area contributed by atoms with Gasteiger partial charge in [0.2, 0.25) is 10.0 Å². The fourth-order valence-corrected chi connectivity index (χ4v) is 5.19. The van der Waals surface area contributed by atoms with E-state index in [0.29, 0.717) is 17.1 Å². The highest BCUT2D eigenvalue weighted by molar-refractivity contribution is 7.92. The number of benzene rings is 2. The topological polar surface area (TPSA) is 135 Å². The number of hydrogen-bond donors (Lipinski definition) is 2. The molecule has 172 valence electrons. The summed E-state index contributed by atoms with van der Waals surface area (Å²) in [5, 5.41) is 2.63. The van der Waals surface area contributed by atoms with Gasteiger partial charge in [0.1, 0.15) is 5.75 Å². The minimum Gasteiger partial charge on any atom is -0.476 e. The average molecular weight is 489 g/mol. The Kier molecular flexibility index (Phi) is 5.95. The summed E-state index contributed by atoms with van der Waals surface area (Å²) in [6, 6.07) is 15.3. The fourth-order valence-electron chi connectivity index (χ4n) is 3.23. The Balaban J connectivity index is 1.48. The summed E-state index contributed by atoms with van der Waals surface area (Å²) in [4.78, 5) is 16.6. The van der Waals surface area contributed by atoms with Gasteiger partial charge in [-0.05, 0) is 48.5 Å². The maximum Gasteiger partial charge on any atom is 0.267 e. The largest absolute Gasteiger partial charge is 0.476 e. The van der Waals surface area contributed by atoms with Gasteiger partial charge in [0, 0.05) is 11.9 Å². The van der Waals surface area contributed by atoms with Crippen molar-refractivity contribution < 1.29 is 26.4 Å². The molecule has 1 atom stereocenters. The lowest BCUT2D eigenvalue weighted by molar-refractivity contribution is -0.122. The molecule has 4 rings (SSSR count). The fraction of sp³-hybridized carbons (Fsp3) is 0.143. The molecule has 0 unspecified atom stereocenters. The zero-order valence-electron chi connectivity index (χ0n) is 17.4. The molecule has 12 heteroatoms. The van der Waals surface area contributed by atoms with Gasteiger partial charge in [-0.1, -0.05) is 12.1 Å². The first kappa shape index (κ1) is 22.6. The van der Waals surface area contributed by atoms with E-state index in [1.165, 1.54) is 36.7 Å². The lowest BCUT2D eigenvalue weighted by Gasteiger charge is -2.33. The number of carbonyl (C=O) groups excluding carboxylic acids is 1. The van der Waals surface area contributed by atoms with Crippen LogP contribution in [0.25, 0.3) is 0 Å². The van der Waals surface area contributed by atoms with Crippen molar-refractivity contribution in [1.29, 1.82) is 0 Å². The number of aromatic nitrogens is 1. The number of nitrogens with zero attached hydrogens (tertiary/aromatic N) is 2. The van der Waals surface area contributed by atoms with E-state index in [2.05, 4.69) is 15.0 Å². The van der Waals surface area contributed by atoms with E-state index >= 15 is 0 Å². The van der Waals surface area contributed by atoms with Gasteiger partial charge in [-0.25, -0.2) is 16.8 Å². The number of sulfonamides is 2. The molecule has 2 heterocycles. The van der Waals surface area contributed by atoms with Crippen molar-refractivity contribution in [2.75, 3.05) is 27.1 Å².